The van der Waals surface area contributed by atoms with Crippen molar-refractivity contribution in [2.24, 2.45) is 0 Å². The zero-order valence-corrected chi connectivity index (χ0v) is 10.3. The minimum absolute atomic E-state index is 0.422. The average molecular weight is 218 g/mol. The van der Waals surface area contributed by atoms with Crippen LogP contribution in [0.4, 0.5) is 5.69 Å². The molecule has 0 bridgehead atoms. The van der Waals surface area contributed by atoms with Crippen LogP contribution >= 0.6 is 0 Å². The van der Waals surface area contributed by atoms with E-state index < -0.39 is 0 Å². The summed E-state index contributed by atoms with van der Waals surface area (Å²) in [6.45, 7) is 2.19. The van der Waals surface area contributed by atoms with Gasteiger partial charge in [-0.25, -0.2) is 0 Å². The van der Waals surface area contributed by atoms with Gasteiger partial charge in [-0.2, -0.15) is 0 Å². The molecule has 0 saturated heterocycles. The van der Waals surface area contributed by atoms with E-state index in [1.165, 1.54) is 36.9 Å². The molecule has 0 aromatic heterocycles. The van der Waals surface area contributed by atoms with Gasteiger partial charge in [-0.3, -0.25) is 0 Å². The zero-order chi connectivity index (χ0) is 11.4. The van der Waals surface area contributed by atoms with E-state index >= 15 is 0 Å². The molecule has 2 rings (SSSR count). The SMILES string of the molecule is CNC(C)c1cccc(NC2CCCC2)c1. The van der Waals surface area contributed by atoms with Crippen LogP contribution in [0.25, 0.3) is 0 Å². The summed E-state index contributed by atoms with van der Waals surface area (Å²) in [7, 11) is 2.00. The number of anilines is 1. The summed E-state index contributed by atoms with van der Waals surface area (Å²) < 4.78 is 0. The zero-order valence-electron chi connectivity index (χ0n) is 10.3. The summed E-state index contributed by atoms with van der Waals surface area (Å²) in [5, 5.41) is 6.91. The molecule has 0 heterocycles. The highest BCUT2D eigenvalue weighted by Gasteiger charge is 2.14. The number of hydrogen-bond acceptors (Lipinski definition) is 2. The fourth-order valence-electron chi connectivity index (χ4n) is 2.37. The van der Waals surface area contributed by atoms with Crippen molar-refractivity contribution in [3.05, 3.63) is 29.8 Å². The first-order valence-electron chi connectivity index (χ1n) is 6.33. The van der Waals surface area contributed by atoms with Gasteiger partial charge in [-0.05, 0) is 44.5 Å². The Kier molecular flexibility index (Phi) is 3.83. The molecule has 1 saturated carbocycles. The first-order chi connectivity index (χ1) is 7.79. The summed E-state index contributed by atoms with van der Waals surface area (Å²) in [4.78, 5) is 0. The second-order valence-corrected chi connectivity index (χ2v) is 4.76. The molecule has 2 nitrogen and oxygen atoms in total. The molecule has 1 aromatic rings. The second kappa shape index (κ2) is 5.35. The van der Waals surface area contributed by atoms with Gasteiger partial charge in [0.15, 0.2) is 0 Å². The predicted octanol–water partition coefficient (Wildman–Crippen LogP) is 3.32. The molecule has 1 aliphatic rings. The van der Waals surface area contributed by atoms with Crippen LogP contribution in [0.2, 0.25) is 0 Å². The molecule has 1 aromatic carbocycles. The Morgan fingerprint density at radius 2 is 2.00 bits per heavy atom. The number of nitrogens with one attached hydrogen (secondary N) is 2. The molecule has 1 aliphatic carbocycles. The third-order valence-electron chi connectivity index (χ3n) is 3.55. The summed E-state index contributed by atoms with van der Waals surface area (Å²) in [5.41, 5.74) is 2.62. The monoisotopic (exact) mass is 218 g/mol. The molecule has 1 unspecified atom stereocenters. The molecule has 0 spiro atoms. The van der Waals surface area contributed by atoms with Crippen molar-refractivity contribution >= 4 is 5.69 Å². The van der Waals surface area contributed by atoms with Crippen LogP contribution in [0.1, 0.15) is 44.2 Å². The van der Waals surface area contributed by atoms with Crippen molar-refractivity contribution < 1.29 is 0 Å². The lowest BCUT2D eigenvalue weighted by atomic mass is 10.1. The van der Waals surface area contributed by atoms with Crippen molar-refractivity contribution in [2.45, 2.75) is 44.7 Å². The highest BCUT2D eigenvalue weighted by molar-refractivity contribution is 5.47. The maximum atomic E-state index is 3.63. The van der Waals surface area contributed by atoms with Crippen molar-refractivity contribution in [1.82, 2.24) is 5.32 Å². The normalized spacial score (nSPS) is 18.6. The Bertz CT molecular complexity index is 329. The fraction of sp³-hybridized carbons (Fsp3) is 0.571. The number of rotatable bonds is 4. The fourth-order valence-corrected chi connectivity index (χ4v) is 2.37. The molecule has 0 aliphatic heterocycles. The van der Waals surface area contributed by atoms with Gasteiger partial charge in [-0.1, -0.05) is 25.0 Å². The van der Waals surface area contributed by atoms with E-state index in [0.717, 1.165) is 0 Å². The van der Waals surface area contributed by atoms with Gasteiger partial charge in [-0.15, -0.1) is 0 Å². The maximum absolute atomic E-state index is 3.63. The topological polar surface area (TPSA) is 24.1 Å². The van der Waals surface area contributed by atoms with Crippen LogP contribution in [-0.4, -0.2) is 13.1 Å². The molecule has 88 valence electrons. The maximum Gasteiger partial charge on any atom is 0.0345 e. The Hall–Kier alpha value is -1.02. The Morgan fingerprint density at radius 1 is 1.25 bits per heavy atom. The standard InChI is InChI=1S/C14H22N2/c1-11(15-2)12-6-5-9-14(10-12)16-13-7-3-4-8-13/h5-6,9-11,13,15-16H,3-4,7-8H2,1-2H3. The molecule has 2 N–H and O–H groups in total. The van der Waals surface area contributed by atoms with Gasteiger partial charge in [0, 0.05) is 17.8 Å². The van der Waals surface area contributed by atoms with Crippen molar-refractivity contribution in [3.8, 4) is 0 Å². The molecular weight excluding hydrogens is 196 g/mol. The lowest BCUT2D eigenvalue weighted by Crippen LogP contribution is -2.16. The molecular formula is C14H22N2. The van der Waals surface area contributed by atoms with E-state index in [1.807, 2.05) is 7.05 Å². The third-order valence-corrected chi connectivity index (χ3v) is 3.55. The Morgan fingerprint density at radius 3 is 2.69 bits per heavy atom. The van der Waals surface area contributed by atoms with E-state index in [2.05, 4.69) is 41.8 Å². The first kappa shape index (κ1) is 11.5. The average Bonchev–Trinajstić information content (AvgIpc) is 2.81. The van der Waals surface area contributed by atoms with Crippen molar-refractivity contribution in [1.29, 1.82) is 0 Å². The van der Waals surface area contributed by atoms with E-state index in [1.54, 1.807) is 0 Å². The lowest BCUT2D eigenvalue weighted by molar-refractivity contribution is 0.652. The highest BCUT2D eigenvalue weighted by Crippen LogP contribution is 2.23. The molecule has 1 atom stereocenters. The first-order valence-corrected chi connectivity index (χ1v) is 6.33. The Labute approximate surface area is 98.4 Å². The number of hydrogen-bond donors (Lipinski definition) is 2. The van der Waals surface area contributed by atoms with Crippen molar-refractivity contribution in [2.75, 3.05) is 12.4 Å². The van der Waals surface area contributed by atoms with Gasteiger partial charge >= 0.3 is 0 Å². The summed E-state index contributed by atoms with van der Waals surface area (Å²) >= 11 is 0. The lowest BCUT2D eigenvalue weighted by Gasteiger charge is -2.16. The van der Waals surface area contributed by atoms with Crippen LogP contribution in [0.15, 0.2) is 24.3 Å². The predicted molar refractivity (Wildman–Crippen MR) is 69.8 cm³/mol. The minimum Gasteiger partial charge on any atom is -0.382 e. The van der Waals surface area contributed by atoms with Crippen LogP contribution in [0.3, 0.4) is 0 Å². The third kappa shape index (κ3) is 2.76. The van der Waals surface area contributed by atoms with Crippen molar-refractivity contribution in [3.63, 3.8) is 0 Å². The highest BCUT2D eigenvalue weighted by atomic mass is 14.9. The largest absolute Gasteiger partial charge is 0.382 e. The second-order valence-electron chi connectivity index (χ2n) is 4.76. The molecule has 2 heteroatoms. The molecule has 16 heavy (non-hydrogen) atoms. The van der Waals surface area contributed by atoms with E-state index in [9.17, 15) is 0 Å². The number of benzene rings is 1. The molecule has 1 fully saturated rings. The summed E-state index contributed by atoms with van der Waals surface area (Å²) in [6, 6.07) is 9.87. The summed E-state index contributed by atoms with van der Waals surface area (Å²) in [6.07, 6.45) is 5.41. The van der Waals surface area contributed by atoms with Crippen LogP contribution in [-0.2, 0) is 0 Å². The Balaban J connectivity index is 2.03. The molecule has 0 amide bonds. The quantitative estimate of drug-likeness (QED) is 0.810. The van der Waals surface area contributed by atoms with Gasteiger partial charge in [0.05, 0.1) is 0 Å². The van der Waals surface area contributed by atoms with Crippen LogP contribution in [0.5, 0.6) is 0 Å². The smallest absolute Gasteiger partial charge is 0.0345 e. The van der Waals surface area contributed by atoms with Gasteiger partial charge < -0.3 is 10.6 Å². The molecule has 0 radical (unpaired) electrons. The van der Waals surface area contributed by atoms with E-state index in [4.69, 9.17) is 0 Å². The summed E-state index contributed by atoms with van der Waals surface area (Å²) in [5.74, 6) is 0. The van der Waals surface area contributed by atoms with Crippen LogP contribution in [0, 0.1) is 0 Å². The van der Waals surface area contributed by atoms with Gasteiger partial charge in [0.1, 0.15) is 0 Å². The minimum atomic E-state index is 0.422. The van der Waals surface area contributed by atoms with E-state index in [-0.39, 0.29) is 0 Å². The van der Waals surface area contributed by atoms with Gasteiger partial charge in [0.2, 0.25) is 0 Å². The van der Waals surface area contributed by atoms with Gasteiger partial charge in [0.25, 0.3) is 0 Å². The van der Waals surface area contributed by atoms with E-state index in [0.29, 0.717) is 12.1 Å². The van der Waals surface area contributed by atoms with Crippen LogP contribution < -0.4 is 10.6 Å².